The highest BCUT2D eigenvalue weighted by Gasteiger charge is 2.11. The average molecular weight is 183 g/mol. The molecule has 1 heterocycles. The minimum Gasteiger partial charge on any atom is -0.424 e. The summed E-state index contributed by atoms with van der Waals surface area (Å²) in [6, 6.07) is 0. The number of aryl methyl sites for hydroxylation is 1. The van der Waals surface area contributed by atoms with Crippen molar-refractivity contribution in [1.82, 2.24) is 15.5 Å². The second-order valence-corrected chi connectivity index (χ2v) is 4.05. The molecule has 0 bridgehead atoms. The van der Waals surface area contributed by atoms with Gasteiger partial charge in [-0.3, -0.25) is 0 Å². The van der Waals surface area contributed by atoms with Crippen molar-refractivity contribution < 1.29 is 4.42 Å². The normalized spacial score (nSPS) is 12.0. The zero-order chi connectivity index (χ0) is 9.90. The van der Waals surface area contributed by atoms with E-state index in [9.17, 15) is 0 Å². The highest BCUT2D eigenvalue weighted by molar-refractivity contribution is 4.82. The average Bonchev–Trinajstić information content (AvgIpc) is 2.47. The minimum atomic E-state index is 0.0842. The third kappa shape index (κ3) is 3.55. The van der Waals surface area contributed by atoms with E-state index in [1.165, 1.54) is 0 Å². The van der Waals surface area contributed by atoms with Gasteiger partial charge < -0.3 is 9.73 Å². The monoisotopic (exact) mass is 183 g/mol. The Morgan fingerprint density at radius 1 is 1.23 bits per heavy atom. The molecular formula is C9H17N3O. The third-order valence-corrected chi connectivity index (χ3v) is 1.58. The zero-order valence-corrected chi connectivity index (χ0v) is 8.72. The predicted octanol–water partition coefficient (Wildman–Crippen LogP) is 1.52. The molecule has 1 aromatic rings. The van der Waals surface area contributed by atoms with Crippen LogP contribution in [-0.4, -0.2) is 15.7 Å². The molecule has 1 aromatic heterocycles. The van der Waals surface area contributed by atoms with Gasteiger partial charge in [0.15, 0.2) is 0 Å². The number of hydrogen-bond acceptors (Lipinski definition) is 4. The molecule has 0 aliphatic rings. The Kier molecular flexibility index (Phi) is 3.03. The van der Waals surface area contributed by atoms with Gasteiger partial charge in [0, 0.05) is 12.0 Å². The fourth-order valence-electron chi connectivity index (χ4n) is 0.843. The van der Waals surface area contributed by atoms with E-state index in [4.69, 9.17) is 4.42 Å². The molecule has 0 aliphatic carbocycles. The van der Waals surface area contributed by atoms with Gasteiger partial charge in [-0.25, -0.2) is 0 Å². The predicted molar refractivity (Wildman–Crippen MR) is 50.3 cm³/mol. The summed E-state index contributed by atoms with van der Waals surface area (Å²) in [5.41, 5.74) is 0.0842. The van der Waals surface area contributed by atoms with Crippen molar-refractivity contribution in [2.24, 2.45) is 0 Å². The maximum atomic E-state index is 5.34. The highest BCUT2D eigenvalue weighted by atomic mass is 16.4. The van der Waals surface area contributed by atoms with Gasteiger partial charge in [0.1, 0.15) is 0 Å². The van der Waals surface area contributed by atoms with Crippen LogP contribution in [0.25, 0.3) is 0 Å². The van der Waals surface area contributed by atoms with Crippen LogP contribution in [0.2, 0.25) is 0 Å². The first-order valence-corrected chi connectivity index (χ1v) is 4.57. The molecule has 0 radical (unpaired) electrons. The van der Waals surface area contributed by atoms with Gasteiger partial charge in [-0.1, -0.05) is 6.92 Å². The fraction of sp³-hybridized carbons (Fsp3) is 0.778. The van der Waals surface area contributed by atoms with Crippen molar-refractivity contribution in [2.75, 3.05) is 0 Å². The van der Waals surface area contributed by atoms with E-state index in [0.717, 1.165) is 6.42 Å². The van der Waals surface area contributed by atoms with Crippen LogP contribution in [0.4, 0.5) is 0 Å². The molecule has 4 heteroatoms. The fourth-order valence-corrected chi connectivity index (χ4v) is 0.843. The molecule has 0 aromatic carbocycles. The lowest BCUT2D eigenvalue weighted by molar-refractivity contribution is 0.372. The van der Waals surface area contributed by atoms with Crippen molar-refractivity contribution in [2.45, 2.75) is 46.2 Å². The summed E-state index contributed by atoms with van der Waals surface area (Å²) >= 11 is 0. The first-order chi connectivity index (χ1) is 6.01. The lowest BCUT2D eigenvalue weighted by atomic mass is 10.1. The van der Waals surface area contributed by atoms with Crippen LogP contribution in [0, 0.1) is 0 Å². The van der Waals surface area contributed by atoms with Gasteiger partial charge in [-0.05, 0) is 20.8 Å². The van der Waals surface area contributed by atoms with E-state index in [-0.39, 0.29) is 5.54 Å². The molecule has 0 saturated carbocycles. The number of hydrogen-bond donors (Lipinski definition) is 1. The maximum Gasteiger partial charge on any atom is 0.230 e. The molecule has 0 saturated heterocycles. The minimum absolute atomic E-state index is 0.0842. The molecule has 0 amide bonds. The van der Waals surface area contributed by atoms with E-state index in [0.29, 0.717) is 18.3 Å². The summed E-state index contributed by atoms with van der Waals surface area (Å²) in [7, 11) is 0. The summed E-state index contributed by atoms with van der Waals surface area (Å²) in [5, 5.41) is 11.1. The third-order valence-electron chi connectivity index (χ3n) is 1.58. The smallest absolute Gasteiger partial charge is 0.230 e. The van der Waals surface area contributed by atoms with E-state index >= 15 is 0 Å². The van der Waals surface area contributed by atoms with Gasteiger partial charge in [0.2, 0.25) is 11.8 Å². The Labute approximate surface area is 78.7 Å². The summed E-state index contributed by atoms with van der Waals surface area (Å²) in [6.07, 6.45) is 0.794. The van der Waals surface area contributed by atoms with Gasteiger partial charge in [-0.2, -0.15) is 0 Å². The van der Waals surface area contributed by atoms with Crippen LogP contribution in [0.1, 0.15) is 39.5 Å². The van der Waals surface area contributed by atoms with Crippen molar-refractivity contribution in [3.63, 3.8) is 0 Å². The lowest BCUT2D eigenvalue weighted by Crippen LogP contribution is -2.35. The molecule has 4 nitrogen and oxygen atoms in total. The van der Waals surface area contributed by atoms with Crippen LogP contribution in [0.3, 0.4) is 0 Å². The van der Waals surface area contributed by atoms with Crippen LogP contribution in [0.5, 0.6) is 0 Å². The van der Waals surface area contributed by atoms with Gasteiger partial charge in [0.05, 0.1) is 6.54 Å². The second kappa shape index (κ2) is 3.87. The van der Waals surface area contributed by atoms with E-state index in [1.807, 2.05) is 6.92 Å². The van der Waals surface area contributed by atoms with Crippen LogP contribution < -0.4 is 5.32 Å². The SMILES string of the molecule is CCc1nnc(CNC(C)(C)C)o1. The van der Waals surface area contributed by atoms with Crippen LogP contribution in [0.15, 0.2) is 4.42 Å². The van der Waals surface area contributed by atoms with Crippen molar-refractivity contribution in [3.05, 3.63) is 11.8 Å². The first-order valence-electron chi connectivity index (χ1n) is 4.57. The van der Waals surface area contributed by atoms with Gasteiger partial charge >= 0.3 is 0 Å². The zero-order valence-electron chi connectivity index (χ0n) is 8.72. The Bertz CT molecular complexity index is 262. The summed E-state index contributed by atoms with van der Waals surface area (Å²) < 4.78 is 5.34. The van der Waals surface area contributed by atoms with Crippen molar-refractivity contribution in [3.8, 4) is 0 Å². The number of rotatable bonds is 3. The number of nitrogens with zero attached hydrogens (tertiary/aromatic N) is 2. The molecule has 0 unspecified atom stereocenters. The van der Waals surface area contributed by atoms with E-state index < -0.39 is 0 Å². The molecule has 0 fully saturated rings. The van der Waals surface area contributed by atoms with Crippen molar-refractivity contribution in [1.29, 1.82) is 0 Å². The topological polar surface area (TPSA) is 51.0 Å². The molecule has 0 aliphatic heterocycles. The Morgan fingerprint density at radius 2 is 1.85 bits per heavy atom. The Hall–Kier alpha value is -0.900. The van der Waals surface area contributed by atoms with E-state index in [1.54, 1.807) is 0 Å². The summed E-state index contributed by atoms with van der Waals surface area (Å²) in [5.74, 6) is 1.36. The van der Waals surface area contributed by atoms with Crippen molar-refractivity contribution >= 4 is 0 Å². The van der Waals surface area contributed by atoms with Crippen LogP contribution in [-0.2, 0) is 13.0 Å². The molecule has 0 atom stereocenters. The highest BCUT2D eigenvalue weighted by Crippen LogP contribution is 2.03. The molecule has 1 rings (SSSR count). The standard InChI is InChI=1S/C9H17N3O/c1-5-7-11-12-8(13-7)6-10-9(2,3)4/h10H,5-6H2,1-4H3. The van der Waals surface area contributed by atoms with Crippen LogP contribution >= 0.6 is 0 Å². The molecule has 13 heavy (non-hydrogen) atoms. The molecule has 0 spiro atoms. The maximum absolute atomic E-state index is 5.34. The Morgan fingerprint density at radius 3 is 2.31 bits per heavy atom. The quantitative estimate of drug-likeness (QED) is 0.772. The summed E-state index contributed by atoms with van der Waals surface area (Å²) in [6.45, 7) is 8.93. The molecular weight excluding hydrogens is 166 g/mol. The van der Waals surface area contributed by atoms with E-state index in [2.05, 4.69) is 36.3 Å². The lowest BCUT2D eigenvalue weighted by Gasteiger charge is -2.18. The largest absolute Gasteiger partial charge is 0.424 e. The molecule has 1 N–H and O–H groups in total. The molecule has 74 valence electrons. The van der Waals surface area contributed by atoms with Gasteiger partial charge in [-0.15, -0.1) is 10.2 Å². The Balaban J connectivity index is 2.46. The van der Waals surface area contributed by atoms with Gasteiger partial charge in [0.25, 0.3) is 0 Å². The second-order valence-electron chi connectivity index (χ2n) is 4.05. The number of nitrogens with one attached hydrogen (secondary N) is 1. The summed E-state index contributed by atoms with van der Waals surface area (Å²) in [4.78, 5) is 0. The number of aromatic nitrogens is 2. The first kappa shape index (κ1) is 10.2.